The summed E-state index contributed by atoms with van der Waals surface area (Å²) in [6.45, 7) is 5.65. The van der Waals surface area contributed by atoms with Crippen molar-refractivity contribution in [1.29, 1.82) is 0 Å². The van der Waals surface area contributed by atoms with Crippen LogP contribution in [0.1, 0.15) is 35.5 Å². The van der Waals surface area contributed by atoms with Crippen LogP contribution in [0.2, 0.25) is 5.02 Å². The van der Waals surface area contributed by atoms with Crippen LogP contribution in [-0.4, -0.2) is 28.1 Å². The molecule has 9 nitrogen and oxygen atoms in total. The maximum atomic E-state index is 13.1. The maximum Gasteiger partial charge on any atom is 0.289 e. The van der Waals surface area contributed by atoms with Crippen molar-refractivity contribution in [2.75, 3.05) is 0 Å². The van der Waals surface area contributed by atoms with Gasteiger partial charge in [0.2, 0.25) is 10.0 Å². The lowest BCUT2D eigenvalue weighted by atomic mass is 10.2. The van der Waals surface area contributed by atoms with E-state index in [4.69, 9.17) is 11.6 Å². The highest BCUT2D eigenvalue weighted by atomic mass is 35.5. The number of sulfonamides is 1. The SMILES string of the molecule is Cc1ccc(-n2c(SCc3cccc(C)c3)nnc2C(C)NS(=O)(=O)c2ccc(Cl)c([N+](=O)[O-])c2)cc1. The zero-order valence-corrected chi connectivity index (χ0v) is 22.6. The fraction of sp³-hybridized carbons (Fsp3) is 0.200. The van der Waals surface area contributed by atoms with Crippen molar-refractivity contribution in [3.8, 4) is 5.69 Å². The van der Waals surface area contributed by atoms with Crippen LogP contribution < -0.4 is 4.72 Å². The lowest BCUT2D eigenvalue weighted by Crippen LogP contribution is -2.29. The zero-order valence-electron chi connectivity index (χ0n) is 20.3. The average molecular weight is 558 g/mol. The predicted molar refractivity (Wildman–Crippen MR) is 144 cm³/mol. The first-order chi connectivity index (χ1) is 17.5. The third kappa shape index (κ3) is 6.19. The molecule has 4 rings (SSSR count). The van der Waals surface area contributed by atoms with Crippen LogP contribution in [0.3, 0.4) is 0 Å². The molecule has 4 aromatic rings. The highest BCUT2D eigenvalue weighted by molar-refractivity contribution is 7.98. The molecule has 0 amide bonds. The molecule has 0 fully saturated rings. The van der Waals surface area contributed by atoms with Crippen LogP contribution in [0.4, 0.5) is 5.69 Å². The van der Waals surface area contributed by atoms with Crippen LogP contribution in [0.25, 0.3) is 5.69 Å². The van der Waals surface area contributed by atoms with E-state index < -0.39 is 26.7 Å². The number of thioether (sulfide) groups is 1. The minimum atomic E-state index is -4.14. The Morgan fingerprint density at radius 2 is 1.78 bits per heavy atom. The minimum Gasteiger partial charge on any atom is -0.273 e. The van der Waals surface area contributed by atoms with E-state index in [2.05, 4.69) is 21.0 Å². The van der Waals surface area contributed by atoms with Gasteiger partial charge in [0, 0.05) is 17.5 Å². The molecule has 37 heavy (non-hydrogen) atoms. The first-order valence-corrected chi connectivity index (χ1v) is 14.1. The molecule has 0 saturated carbocycles. The molecular weight excluding hydrogens is 534 g/mol. The Labute approximate surface area is 224 Å². The van der Waals surface area contributed by atoms with Gasteiger partial charge in [-0.2, -0.15) is 0 Å². The Balaban J connectivity index is 1.67. The highest BCUT2D eigenvalue weighted by Crippen LogP contribution is 2.30. The Morgan fingerprint density at radius 1 is 1.05 bits per heavy atom. The highest BCUT2D eigenvalue weighted by Gasteiger charge is 2.26. The van der Waals surface area contributed by atoms with Crippen LogP contribution in [-0.2, 0) is 15.8 Å². The second-order valence-electron chi connectivity index (χ2n) is 8.50. The van der Waals surface area contributed by atoms with Crippen LogP contribution in [0.15, 0.2) is 76.8 Å². The Bertz CT molecular complexity index is 1560. The van der Waals surface area contributed by atoms with E-state index in [0.717, 1.165) is 28.4 Å². The van der Waals surface area contributed by atoms with Gasteiger partial charge in [-0.15, -0.1) is 10.2 Å². The van der Waals surface area contributed by atoms with Gasteiger partial charge in [-0.05, 0) is 50.6 Å². The summed E-state index contributed by atoms with van der Waals surface area (Å²) < 4.78 is 30.6. The van der Waals surface area contributed by atoms with Crippen LogP contribution >= 0.6 is 23.4 Å². The van der Waals surface area contributed by atoms with Crippen molar-refractivity contribution in [1.82, 2.24) is 19.5 Å². The molecule has 1 aromatic heterocycles. The van der Waals surface area contributed by atoms with Gasteiger partial charge in [-0.3, -0.25) is 14.7 Å². The zero-order chi connectivity index (χ0) is 26.7. The summed E-state index contributed by atoms with van der Waals surface area (Å²) in [5.41, 5.74) is 3.65. The number of hydrogen-bond donors (Lipinski definition) is 1. The van der Waals surface area contributed by atoms with E-state index in [1.54, 1.807) is 6.92 Å². The normalized spacial score (nSPS) is 12.4. The second-order valence-corrected chi connectivity index (χ2v) is 11.6. The number of rotatable bonds is 9. The summed E-state index contributed by atoms with van der Waals surface area (Å²) in [4.78, 5) is 10.2. The molecule has 0 aliphatic heterocycles. The molecule has 0 spiro atoms. The number of aromatic nitrogens is 3. The summed E-state index contributed by atoms with van der Waals surface area (Å²) in [5.74, 6) is 1.03. The number of hydrogen-bond acceptors (Lipinski definition) is 7. The molecule has 0 aliphatic rings. The van der Waals surface area contributed by atoms with Gasteiger partial charge in [-0.25, -0.2) is 13.1 Å². The standard InChI is InChI=1S/C25H24ClN5O4S2/c1-16-7-9-20(10-8-16)30-24(27-28-25(30)36-15-19-6-4-5-17(2)13-19)18(3)29-37(34,35)21-11-12-22(26)23(14-21)31(32)33/h4-14,18,29H,15H2,1-3H3. The molecule has 0 aliphatic carbocycles. The van der Waals surface area contributed by atoms with Crippen molar-refractivity contribution in [2.45, 2.75) is 42.6 Å². The molecule has 12 heteroatoms. The van der Waals surface area contributed by atoms with Crippen LogP contribution in [0, 0.1) is 24.0 Å². The van der Waals surface area contributed by atoms with Crippen molar-refractivity contribution in [3.05, 3.63) is 104 Å². The quantitative estimate of drug-likeness (QED) is 0.157. The number of nitrogens with zero attached hydrogens (tertiary/aromatic N) is 4. The third-order valence-corrected chi connectivity index (χ3v) is 8.40. The molecule has 0 radical (unpaired) electrons. The number of nitro groups is 1. The van der Waals surface area contributed by atoms with Crippen molar-refractivity contribution >= 4 is 39.1 Å². The summed E-state index contributed by atoms with van der Waals surface area (Å²) in [5, 5.41) is 20.4. The fourth-order valence-electron chi connectivity index (χ4n) is 3.69. The lowest BCUT2D eigenvalue weighted by molar-refractivity contribution is -0.384. The molecular formula is C25H24ClN5O4S2. The number of nitrogens with one attached hydrogen (secondary N) is 1. The van der Waals surface area contributed by atoms with E-state index in [-0.39, 0.29) is 9.92 Å². The first-order valence-electron chi connectivity index (χ1n) is 11.2. The molecule has 3 aromatic carbocycles. The first kappa shape index (κ1) is 26.8. The van der Waals surface area contributed by atoms with Gasteiger partial charge in [0.25, 0.3) is 5.69 Å². The van der Waals surface area contributed by atoms with E-state index in [0.29, 0.717) is 16.7 Å². The Morgan fingerprint density at radius 3 is 2.46 bits per heavy atom. The van der Waals surface area contributed by atoms with E-state index >= 15 is 0 Å². The Kier molecular flexibility index (Phi) is 7.98. The molecule has 1 unspecified atom stereocenters. The van der Waals surface area contributed by atoms with Gasteiger partial charge < -0.3 is 0 Å². The second kappa shape index (κ2) is 11.0. The molecule has 1 N–H and O–H groups in total. The van der Waals surface area contributed by atoms with Crippen molar-refractivity contribution in [2.24, 2.45) is 0 Å². The lowest BCUT2D eigenvalue weighted by Gasteiger charge is -2.17. The van der Waals surface area contributed by atoms with Gasteiger partial charge in [0.05, 0.1) is 15.9 Å². The number of nitro benzene ring substituents is 1. The topological polar surface area (TPSA) is 120 Å². The molecule has 1 atom stereocenters. The minimum absolute atomic E-state index is 0.147. The third-order valence-electron chi connectivity index (χ3n) is 5.54. The monoisotopic (exact) mass is 557 g/mol. The van der Waals surface area contributed by atoms with E-state index in [1.165, 1.54) is 23.9 Å². The molecule has 0 saturated heterocycles. The van der Waals surface area contributed by atoms with Gasteiger partial charge in [-0.1, -0.05) is 70.9 Å². The summed E-state index contributed by atoms with van der Waals surface area (Å²) in [6, 6.07) is 18.5. The van der Waals surface area contributed by atoms with E-state index in [9.17, 15) is 18.5 Å². The Hall–Kier alpha value is -3.25. The summed E-state index contributed by atoms with van der Waals surface area (Å²) in [7, 11) is -4.14. The summed E-state index contributed by atoms with van der Waals surface area (Å²) >= 11 is 7.34. The van der Waals surface area contributed by atoms with Gasteiger partial charge in [0.1, 0.15) is 5.02 Å². The molecule has 192 valence electrons. The van der Waals surface area contributed by atoms with Crippen molar-refractivity contribution in [3.63, 3.8) is 0 Å². The van der Waals surface area contributed by atoms with Gasteiger partial charge in [0.15, 0.2) is 11.0 Å². The van der Waals surface area contributed by atoms with Crippen molar-refractivity contribution < 1.29 is 13.3 Å². The average Bonchev–Trinajstić information content (AvgIpc) is 3.27. The fourth-order valence-corrected chi connectivity index (χ4v) is 6.00. The van der Waals surface area contributed by atoms with Crippen LogP contribution in [0.5, 0.6) is 0 Å². The van der Waals surface area contributed by atoms with E-state index in [1.807, 2.05) is 60.9 Å². The smallest absolute Gasteiger partial charge is 0.273 e. The van der Waals surface area contributed by atoms with Gasteiger partial charge >= 0.3 is 0 Å². The maximum absolute atomic E-state index is 13.1. The molecule has 1 heterocycles. The summed E-state index contributed by atoms with van der Waals surface area (Å²) in [6.07, 6.45) is 0. The number of benzene rings is 3. The predicted octanol–water partition coefficient (Wildman–Crippen LogP) is 5.78. The molecule has 0 bridgehead atoms. The number of aryl methyl sites for hydroxylation is 2. The number of halogens is 1. The largest absolute Gasteiger partial charge is 0.289 e.